The van der Waals surface area contributed by atoms with Gasteiger partial charge in [0.1, 0.15) is 11.8 Å². The number of rotatable bonds is 2. The molecule has 0 aliphatic carbocycles. The summed E-state index contributed by atoms with van der Waals surface area (Å²) in [5, 5.41) is 2.94. The van der Waals surface area contributed by atoms with E-state index in [1.54, 1.807) is 24.3 Å². The van der Waals surface area contributed by atoms with E-state index in [4.69, 9.17) is 4.42 Å². The van der Waals surface area contributed by atoms with Crippen LogP contribution in [0.15, 0.2) is 45.8 Å². The van der Waals surface area contributed by atoms with Crippen molar-refractivity contribution in [2.75, 3.05) is 7.05 Å². The first-order valence-electron chi connectivity index (χ1n) is 5.12. The van der Waals surface area contributed by atoms with E-state index in [0.29, 0.717) is 16.5 Å². The summed E-state index contributed by atoms with van der Waals surface area (Å²) in [6.45, 7) is 0. The van der Waals surface area contributed by atoms with Crippen molar-refractivity contribution in [1.29, 1.82) is 0 Å². The van der Waals surface area contributed by atoms with Crippen LogP contribution in [0.25, 0.3) is 17.0 Å². The molecule has 1 N–H and O–H groups in total. The van der Waals surface area contributed by atoms with E-state index in [1.807, 2.05) is 0 Å². The van der Waals surface area contributed by atoms with Crippen LogP contribution in [0.2, 0.25) is 0 Å². The molecule has 2 rings (SSSR count). The third-order valence-electron chi connectivity index (χ3n) is 2.37. The highest BCUT2D eigenvalue weighted by molar-refractivity contribution is 5.91. The van der Waals surface area contributed by atoms with Gasteiger partial charge in [-0.15, -0.1) is 0 Å². The Morgan fingerprint density at radius 1 is 1.35 bits per heavy atom. The number of amides is 1. The van der Waals surface area contributed by atoms with Crippen LogP contribution in [0.5, 0.6) is 0 Å². The maximum Gasteiger partial charge on any atom is 0.243 e. The molecule has 1 aromatic heterocycles. The molecule has 0 spiro atoms. The second-order valence-electron chi connectivity index (χ2n) is 3.46. The number of nitrogens with one attached hydrogen (secondary N) is 1. The summed E-state index contributed by atoms with van der Waals surface area (Å²) in [6.07, 6.45) is 4.09. The Balaban J connectivity index is 2.50. The summed E-state index contributed by atoms with van der Waals surface area (Å²) in [6, 6.07) is 6.98. The van der Waals surface area contributed by atoms with Gasteiger partial charge in [0.2, 0.25) is 5.91 Å². The molecule has 0 saturated heterocycles. The number of hydrogen-bond acceptors (Lipinski definition) is 3. The quantitative estimate of drug-likeness (QED) is 0.795. The SMILES string of the molecule is CNC(=O)/C=C/c1coc2ccccc2c1=O. The monoisotopic (exact) mass is 229 g/mol. The fraction of sp³-hybridized carbons (Fsp3) is 0.0769. The molecule has 1 amide bonds. The van der Waals surface area contributed by atoms with E-state index < -0.39 is 0 Å². The molecular formula is C13H11NO3. The van der Waals surface area contributed by atoms with Crippen molar-refractivity contribution in [3.63, 3.8) is 0 Å². The van der Waals surface area contributed by atoms with Crippen LogP contribution >= 0.6 is 0 Å². The fourth-order valence-corrected chi connectivity index (χ4v) is 1.46. The van der Waals surface area contributed by atoms with Gasteiger partial charge in [-0.3, -0.25) is 9.59 Å². The molecule has 4 nitrogen and oxygen atoms in total. The predicted octanol–water partition coefficient (Wildman–Crippen LogP) is 1.55. The summed E-state index contributed by atoms with van der Waals surface area (Å²) in [4.78, 5) is 23.0. The summed E-state index contributed by atoms with van der Waals surface area (Å²) >= 11 is 0. The predicted molar refractivity (Wildman–Crippen MR) is 65.6 cm³/mol. The molecule has 2 aromatic rings. The molecular weight excluding hydrogens is 218 g/mol. The van der Waals surface area contributed by atoms with Crippen LogP contribution in [-0.4, -0.2) is 13.0 Å². The van der Waals surface area contributed by atoms with Crippen LogP contribution in [0, 0.1) is 0 Å². The van der Waals surface area contributed by atoms with Crippen molar-refractivity contribution in [3.8, 4) is 0 Å². The average Bonchev–Trinajstić information content (AvgIpc) is 2.38. The minimum atomic E-state index is -0.266. The summed E-state index contributed by atoms with van der Waals surface area (Å²) < 4.78 is 5.31. The van der Waals surface area contributed by atoms with Gasteiger partial charge in [-0.1, -0.05) is 12.1 Å². The van der Waals surface area contributed by atoms with Crippen molar-refractivity contribution in [2.24, 2.45) is 0 Å². The van der Waals surface area contributed by atoms with Gasteiger partial charge >= 0.3 is 0 Å². The van der Waals surface area contributed by atoms with Crippen molar-refractivity contribution in [1.82, 2.24) is 5.32 Å². The van der Waals surface area contributed by atoms with Crippen molar-refractivity contribution < 1.29 is 9.21 Å². The number of likely N-dealkylation sites (N-methyl/N-ethyl adjacent to an activating group) is 1. The molecule has 86 valence electrons. The standard InChI is InChI=1S/C13H11NO3/c1-14-12(15)7-6-9-8-17-11-5-3-2-4-10(11)13(9)16/h2-8H,1H3,(H,14,15)/b7-6+. The van der Waals surface area contributed by atoms with Gasteiger partial charge < -0.3 is 9.73 Å². The Kier molecular flexibility index (Phi) is 3.05. The molecule has 0 bridgehead atoms. The van der Waals surface area contributed by atoms with Gasteiger partial charge in [-0.2, -0.15) is 0 Å². The maximum atomic E-state index is 12.0. The Morgan fingerprint density at radius 2 is 2.12 bits per heavy atom. The van der Waals surface area contributed by atoms with Crippen LogP contribution in [0.4, 0.5) is 0 Å². The lowest BCUT2D eigenvalue weighted by molar-refractivity contribution is -0.115. The smallest absolute Gasteiger partial charge is 0.243 e. The summed E-state index contributed by atoms with van der Waals surface area (Å²) in [7, 11) is 1.52. The molecule has 0 unspecified atom stereocenters. The lowest BCUT2D eigenvalue weighted by Gasteiger charge is -1.97. The first-order valence-corrected chi connectivity index (χ1v) is 5.12. The van der Waals surface area contributed by atoms with Gasteiger partial charge in [-0.05, 0) is 18.2 Å². The van der Waals surface area contributed by atoms with E-state index in [2.05, 4.69) is 5.32 Å². The van der Waals surface area contributed by atoms with Gasteiger partial charge in [0.05, 0.1) is 10.9 Å². The molecule has 1 heterocycles. The molecule has 0 radical (unpaired) electrons. The molecule has 0 atom stereocenters. The highest BCUT2D eigenvalue weighted by atomic mass is 16.3. The second kappa shape index (κ2) is 4.65. The van der Waals surface area contributed by atoms with Crippen LogP contribution in [-0.2, 0) is 4.79 Å². The Bertz CT molecular complexity index is 640. The molecule has 17 heavy (non-hydrogen) atoms. The zero-order valence-electron chi connectivity index (χ0n) is 9.27. The van der Waals surface area contributed by atoms with Gasteiger partial charge in [0, 0.05) is 13.1 Å². The van der Waals surface area contributed by atoms with E-state index in [1.165, 1.54) is 25.5 Å². The number of hydrogen-bond donors (Lipinski definition) is 1. The maximum absolute atomic E-state index is 12.0. The first-order chi connectivity index (χ1) is 8.22. The molecule has 0 saturated carbocycles. The van der Waals surface area contributed by atoms with Crippen LogP contribution in [0.1, 0.15) is 5.56 Å². The lowest BCUT2D eigenvalue weighted by atomic mass is 10.1. The minimum absolute atomic E-state index is 0.146. The fourth-order valence-electron chi connectivity index (χ4n) is 1.46. The first kappa shape index (κ1) is 11.1. The van der Waals surface area contributed by atoms with Gasteiger partial charge in [-0.25, -0.2) is 0 Å². The highest BCUT2D eigenvalue weighted by Crippen LogP contribution is 2.10. The van der Waals surface area contributed by atoms with Crippen molar-refractivity contribution in [2.45, 2.75) is 0 Å². The summed E-state index contributed by atoms with van der Waals surface area (Å²) in [5.74, 6) is -0.266. The molecule has 0 fully saturated rings. The van der Waals surface area contributed by atoms with E-state index in [9.17, 15) is 9.59 Å². The zero-order valence-corrected chi connectivity index (χ0v) is 9.27. The number of carbonyl (C=O) groups excluding carboxylic acids is 1. The Labute approximate surface area is 97.6 Å². The van der Waals surface area contributed by atoms with Crippen LogP contribution in [0.3, 0.4) is 0 Å². The van der Waals surface area contributed by atoms with Crippen molar-refractivity contribution in [3.05, 3.63) is 52.4 Å². The Morgan fingerprint density at radius 3 is 2.88 bits per heavy atom. The third-order valence-corrected chi connectivity index (χ3v) is 2.37. The lowest BCUT2D eigenvalue weighted by Crippen LogP contribution is -2.14. The highest BCUT2D eigenvalue weighted by Gasteiger charge is 2.03. The van der Waals surface area contributed by atoms with E-state index >= 15 is 0 Å². The van der Waals surface area contributed by atoms with E-state index in [0.717, 1.165) is 0 Å². The largest absolute Gasteiger partial charge is 0.463 e. The second-order valence-corrected chi connectivity index (χ2v) is 3.46. The third kappa shape index (κ3) is 2.25. The van der Waals surface area contributed by atoms with Gasteiger partial charge in [0.15, 0.2) is 5.43 Å². The summed E-state index contributed by atoms with van der Waals surface area (Å²) in [5.41, 5.74) is 0.744. The van der Waals surface area contributed by atoms with Crippen molar-refractivity contribution >= 4 is 23.0 Å². The number of fused-ring (bicyclic) bond motifs is 1. The molecule has 0 aliphatic rings. The van der Waals surface area contributed by atoms with E-state index in [-0.39, 0.29) is 11.3 Å². The molecule has 4 heteroatoms. The average molecular weight is 229 g/mol. The van der Waals surface area contributed by atoms with Gasteiger partial charge in [0.25, 0.3) is 0 Å². The molecule has 1 aromatic carbocycles. The molecule has 0 aliphatic heterocycles. The minimum Gasteiger partial charge on any atom is -0.463 e. The van der Waals surface area contributed by atoms with Crippen LogP contribution < -0.4 is 10.7 Å². The zero-order chi connectivity index (χ0) is 12.3. The topological polar surface area (TPSA) is 59.3 Å². The number of para-hydroxylation sites is 1. The number of carbonyl (C=O) groups is 1. The number of benzene rings is 1. The Hall–Kier alpha value is -2.36. The normalized spacial score (nSPS) is 10.9.